The number of ether oxygens (including phenoxy) is 1. The maximum absolute atomic E-state index is 12.3. The monoisotopic (exact) mass is 187 g/mol. The van der Waals surface area contributed by atoms with Crippen LogP contribution in [0.4, 0.5) is 8.78 Å². The van der Waals surface area contributed by atoms with Crippen molar-refractivity contribution in [3.05, 3.63) is 22.9 Å². The van der Waals surface area contributed by atoms with Crippen LogP contribution in [0.1, 0.15) is 23.2 Å². The second kappa shape index (κ2) is 3.68. The van der Waals surface area contributed by atoms with Gasteiger partial charge in [0.05, 0.1) is 7.11 Å². The molecular formula is C9H11F2NO. The molecule has 0 amide bonds. The summed E-state index contributed by atoms with van der Waals surface area (Å²) >= 11 is 0. The van der Waals surface area contributed by atoms with Crippen molar-refractivity contribution in [2.75, 3.05) is 7.11 Å². The van der Waals surface area contributed by atoms with Crippen LogP contribution in [0.2, 0.25) is 0 Å². The number of nitrogens with zero attached hydrogens (tertiary/aromatic N) is 1. The molecule has 0 N–H and O–H groups in total. The van der Waals surface area contributed by atoms with Crippen LogP contribution in [0.3, 0.4) is 0 Å². The number of hydrogen-bond acceptors (Lipinski definition) is 2. The van der Waals surface area contributed by atoms with E-state index < -0.39 is 6.43 Å². The molecular weight excluding hydrogens is 176 g/mol. The van der Waals surface area contributed by atoms with Gasteiger partial charge in [0.15, 0.2) is 0 Å². The third kappa shape index (κ3) is 1.94. The Labute approximate surface area is 75.6 Å². The van der Waals surface area contributed by atoms with Crippen LogP contribution < -0.4 is 4.74 Å². The summed E-state index contributed by atoms with van der Waals surface area (Å²) in [5, 5.41) is 0. The number of aryl methyl sites for hydroxylation is 1. The van der Waals surface area contributed by atoms with Crippen molar-refractivity contribution in [3.8, 4) is 5.88 Å². The molecule has 0 aromatic carbocycles. The molecule has 0 spiro atoms. The van der Waals surface area contributed by atoms with E-state index in [0.717, 1.165) is 11.1 Å². The molecule has 0 saturated carbocycles. The van der Waals surface area contributed by atoms with E-state index >= 15 is 0 Å². The van der Waals surface area contributed by atoms with Gasteiger partial charge in [0.25, 0.3) is 6.43 Å². The molecule has 2 nitrogen and oxygen atoms in total. The Hall–Kier alpha value is -1.19. The summed E-state index contributed by atoms with van der Waals surface area (Å²) in [6.07, 6.45) is -2.55. The van der Waals surface area contributed by atoms with Gasteiger partial charge >= 0.3 is 0 Å². The first kappa shape index (κ1) is 9.89. The van der Waals surface area contributed by atoms with Gasteiger partial charge < -0.3 is 4.74 Å². The molecule has 4 heteroatoms. The fourth-order valence-corrected chi connectivity index (χ4v) is 1.04. The van der Waals surface area contributed by atoms with E-state index in [-0.39, 0.29) is 11.6 Å². The van der Waals surface area contributed by atoms with E-state index in [1.165, 1.54) is 13.2 Å². The molecule has 1 aromatic heterocycles. The quantitative estimate of drug-likeness (QED) is 0.710. The van der Waals surface area contributed by atoms with Crippen LogP contribution in [0, 0.1) is 13.8 Å². The van der Waals surface area contributed by atoms with Crippen molar-refractivity contribution in [3.63, 3.8) is 0 Å². The number of halogens is 2. The minimum atomic E-state index is -2.55. The molecule has 0 aliphatic carbocycles. The minimum Gasteiger partial charge on any atom is -0.481 e. The summed E-state index contributed by atoms with van der Waals surface area (Å²) in [5.74, 6) is 0.273. The van der Waals surface area contributed by atoms with E-state index in [1.807, 2.05) is 0 Å². The first-order valence-electron chi connectivity index (χ1n) is 3.86. The molecule has 1 rings (SSSR count). The van der Waals surface area contributed by atoms with Crippen LogP contribution in [-0.4, -0.2) is 12.1 Å². The molecule has 0 aliphatic heterocycles. The van der Waals surface area contributed by atoms with Crippen molar-refractivity contribution in [2.24, 2.45) is 0 Å². The fraction of sp³-hybridized carbons (Fsp3) is 0.444. The first-order chi connectivity index (χ1) is 6.06. The van der Waals surface area contributed by atoms with Crippen molar-refractivity contribution >= 4 is 0 Å². The molecule has 0 aliphatic rings. The third-order valence-electron chi connectivity index (χ3n) is 1.92. The Morgan fingerprint density at radius 2 is 2.00 bits per heavy atom. The summed E-state index contributed by atoms with van der Waals surface area (Å²) in [6.45, 7) is 3.54. The molecule has 0 unspecified atom stereocenters. The van der Waals surface area contributed by atoms with Crippen molar-refractivity contribution in [1.29, 1.82) is 0 Å². The van der Waals surface area contributed by atoms with Gasteiger partial charge in [-0.3, -0.25) is 0 Å². The largest absolute Gasteiger partial charge is 0.481 e. The zero-order valence-electron chi connectivity index (χ0n) is 7.77. The molecule has 13 heavy (non-hydrogen) atoms. The summed E-state index contributed by atoms with van der Waals surface area (Å²) in [5.41, 5.74) is 1.33. The smallest absolute Gasteiger partial charge is 0.280 e. The number of aromatic nitrogens is 1. The Balaban J connectivity index is 3.22. The summed E-state index contributed by atoms with van der Waals surface area (Å²) in [4.78, 5) is 3.68. The number of hydrogen-bond donors (Lipinski definition) is 0. The Morgan fingerprint density at radius 3 is 2.46 bits per heavy atom. The van der Waals surface area contributed by atoms with E-state index in [9.17, 15) is 8.78 Å². The maximum Gasteiger partial charge on any atom is 0.280 e. The van der Waals surface area contributed by atoms with Crippen LogP contribution in [0.25, 0.3) is 0 Å². The fourth-order valence-electron chi connectivity index (χ4n) is 1.04. The average Bonchev–Trinajstić information content (AvgIpc) is 2.09. The number of pyridine rings is 1. The molecule has 0 saturated heterocycles. The molecule has 0 radical (unpaired) electrons. The van der Waals surface area contributed by atoms with Gasteiger partial charge in [0, 0.05) is 5.56 Å². The minimum absolute atomic E-state index is 0.236. The lowest BCUT2D eigenvalue weighted by atomic mass is 10.1. The normalized spacial score (nSPS) is 10.6. The summed E-state index contributed by atoms with van der Waals surface area (Å²) in [6, 6.07) is 1.38. The van der Waals surface area contributed by atoms with Crippen molar-refractivity contribution < 1.29 is 13.5 Å². The van der Waals surface area contributed by atoms with E-state index in [2.05, 4.69) is 4.98 Å². The van der Waals surface area contributed by atoms with Gasteiger partial charge in [-0.15, -0.1) is 0 Å². The number of methoxy groups -OCH3 is 1. The van der Waals surface area contributed by atoms with Gasteiger partial charge in [0.2, 0.25) is 5.88 Å². The topological polar surface area (TPSA) is 22.1 Å². The molecule has 0 bridgehead atoms. The van der Waals surface area contributed by atoms with Gasteiger partial charge in [-0.2, -0.15) is 0 Å². The van der Waals surface area contributed by atoms with Gasteiger partial charge in [-0.1, -0.05) is 0 Å². The van der Waals surface area contributed by atoms with Crippen LogP contribution in [0.5, 0.6) is 5.88 Å². The first-order valence-corrected chi connectivity index (χ1v) is 3.86. The zero-order valence-corrected chi connectivity index (χ0v) is 7.77. The number of alkyl halides is 2. The predicted molar refractivity (Wildman–Crippen MR) is 45.2 cm³/mol. The van der Waals surface area contributed by atoms with Crippen LogP contribution >= 0.6 is 0 Å². The van der Waals surface area contributed by atoms with Gasteiger partial charge in [-0.05, 0) is 25.5 Å². The lowest BCUT2D eigenvalue weighted by Crippen LogP contribution is -1.99. The summed E-state index contributed by atoms with van der Waals surface area (Å²) in [7, 11) is 1.42. The van der Waals surface area contributed by atoms with E-state index in [0.29, 0.717) is 0 Å². The molecule has 0 fully saturated rings. The third-order valence-corrected chi connectivity index (χ3v) is 1.92. The van der Waals surface area contributed by atoms with E-state index in [4.69, 9.17) is 4.74 Å². The Morgan fingerprint density at radius 1 is 1.38 bits per heavy atom. The van der Waals surface area contributed by atoms with Crippen molar-refractivity contribution in [2.45, 2.75) is 20.3 Å². The molecule has 1 heterocycles. The predicted octanol–water partition coefficient (Wildman–Crippen LogP) is 2.64. The second-order valence-corrected chi connectivity index (χ2v) is 2.80. The highest BCUT2D eigenvalue weighted by Gasteiger charge is 2.13. The molecule has 72 valence electrons. The highest BCUT2D eigenvalue weighted by molar-refractivity contribution is 5.34. The lowest BCUT2D eigenvalue weighted by Gasteiger charge is -2.08. The summed E-state index contributed by atoms with van der Waals surface area (Å²) < 4.78 is 29.4. The Kier molecular flexibility index (Phi) is 2.80. The lowest BCUT2D eigenvalue weighted by molar-refractivity contribution is 0.145. The maximum atomic E-state index is 12.3. The van der Waals surface area contributed by atoms with Crippen molar-refractivity contribution in [1.82, 2.24) is 4.98 Å². The second-order valence-electron chi connectivity index (χ2n) is 2.80. The van der Waals surface area contributed by atoms with Crippen LogP contribution in [-0.2, 0) is 0 Å². The molecule has 1 aromatic rings. The molecule has 0 atom stereocenters. The highest BCUT2D eigenvalue weighted by atomic mass is 19.3. The Bertz CT molecular complexity index is 313. The van der Waals surface area contributed by atoms with Gasteiger partial charge in [0.1, 0.15) is 5.69 Å². The average molecular weight is 187 g/mol. The standard InChI is InChI=1S/C9H11F2NO/c1-5-4-7(8(10)11)12-9(13-3)6(5)2/h4,8H,1-3H3. The SMILES string of the molecule is COc1nc(C(F)F)cc(C)c1C. The van der Waals surface area contributed by atoms with Crippen LogP contribution in [0.15, 0.2) is 6.07 Å². The van der Waals surface area contributed by atoms with Gasteiger partial charge in [-0.25, -0.2) is 13.8 Å². The number of rotatable bonds is 2. The highest BCUT2D eigenvalue weighted by Crippen LogP contribution is 2.24. The van der Waals surface area contributed by atoms with E-state index in [1.54, 1.807) is 13.8 Å². The zero-order chi connectivity index (χ0) is 10.0.